The molecule has 0 saturated carbocycles. The summed E-state index contributed by atoms with van der Waals surface area (Å²) in [6.07, 6.45) is -21.9. The Hall–Kier alpha value is -1.85. The molecular formula is C9H4F11NO3. The Labute approximate surface area is 124 Å². The molecule has 0 aliphatic rings. The summed E-state index contributed by atoms with van der Waals surface area (Å²) in [5, 5.41) is 7.99. The van der Waals surface area contributed by atoms with Gasteiger partial charge >= 0.3 is 36.2 Å². The highest BCUT2D eigenvalue weighted by atomic mass is 19.4. The van der Waals surface area contributed by atoms with Crippen LogP contribution >= 0.6 is 0 Å². The van der Waals surface area contributed by atoms with Crippen LogP contribution in [0.4, 0.5) is 48.3 Å². The summed E-state index contributed by atoms with van der Waals surface area (Å²) in [6.45, 7) is -1.30. The molecule has 0 aliphatic carbocycles. The number of halogens is 11. The summed E-state index contributed by atoms with van der Waals surface area (Å²) < 4.78 is 142. The summed E-state index contributed by atoms with van der Waals surface area (Å²) in [6, 6.07) is 1.17. The van der Waals surface area contributed by atoms with Gasteiger partial charge in [0.1, 0.15) is 6.61 Å². The molecule has 0 aliphatic heterocycles. The molecule has 140 valence electrons. The fourth-order valence-electron chi connectivity index (χ4n) is 0.903. The fourth-order valence-corrected chi connectivity index (χ4v) is 0.903. The molecular weight excluding hydrogens is 379 g/mol. The summed E-state index contributed by atoms with van der Waals surface area (Å²) in [5.41, 5.74) is 0. The smallest absolute Gasteiger partial charge is 0.460 e. The SMILES string of the molecule is N#CCCOC(=O)[C@@](F)(OC(F)(F)C(F)(F)C(F)(F)F)C(F)(F)F. The molecule has 0 aromatic rings. The van der Waals surface area contributed by atoms with Gasteiger partial charge in [0.25, 0.3) is 0 Å². The molecule has 0 amide bonds. The normalized spacial score (nSPS) is 16.2. The van der Waals surface area contributed by atoms with Crippen molar-refractivity contribution in [3.63, 3.8) is 0 Å². The van der Waals surface area contributed by atoms with E-state index < -0.39 is 49.2 Å². The van der Waals surface area contributed by atoms with Crippen LogP contribution in [0.2, 0.25) is 0 Å². The van der Waals surface area contributed by atoms with Crippen molar-refractivity contribution in [2.45, 2.75) is 36.7 Å². The molecule has 0 N–H and O–H groups in total. The molecule has 0 fully saturated rings. The topological polar surface area (TPSA) is 59.3 Å². The molecule has 0 bridgehead atoms. The van der Waals surface area contributed by atoms with Gasteiger partial charge in [-0.1, -0.05) is 0 Å². The Morgan fingerprint density at radius 3 is 1.67 bits per heavy atom. The van der Waals surface area contributed by atoms with E-state index in [0.29, 0.717) is 0 Å². The first-order chi connectivity index (χ1) is 10.4. The third kappa shape index (κ3) is 4.16. The van der Waals surface area contributed by atoms with Crippen molar-refractivity contribution in [1.82, 2.24) is 0 Å². The maximum absolute atomic E-state index is 13.4. The van der Waals surface area contributed by atoms with Gasteiger partial charge in [0.2, 0.25) is 0 Å². The largest absolute Gasteiger partial charge is 0.462 e. The van der Waals surface area contributed by atoms with Gasteiger partial charge < -0.3 is 4.74 Å². The van der Waals surface area contributed by atoms with Gasteiger partial charge in [0.05, 0.1) is 12.5 Å². The monoisotopic (exact) mass is 383 g/mol. The summed E-state index contributed by atoms with van der Waals surface area (Å²) >= 11 is 0. The van der Waals surface area contributed by atoms with Crippen LogP contribution in [0.1, 0.15) is 6.42 Å². The lowest BCUT2D eigenvalue weighted by molar-refractivity contribution is -0.475. The van der Waals surface area contributed by atoms with Crippen LogP contribution in [-0.4, -0.2) is 42.8 Å². The van der Waals surface area contributed by atoms with Crippen molar-refractivity contribution in [1.29, 1.82) is 5.26 Å². The van der Waals surface area contributed by atoms with Crippen molar-refractivity contribution in [2.24, 2.45) is 0 Å². The predicted molar refractivity (Wildman–Crippen MR) is 48.1 cm³/mol. The third-order valence-electron chi connectivity index (χ3n) is 2.06. The molecule has 0 aromatic carbocycles. The zero-order valence-electron chi connectivity index (χ0n) is 10.7. The maximum atomic E-state index is 13.4. The number of hydrogen-bond acceptors (Lipinski definition) is 4. The highest BCUT2D eigenvalue weighted by molar-refractivity contribution is 5.78. The van der Waals surface area contributed by atoms with E-state index in [0.717, 1.165) is 0 Å². The Bertz CT molecular complexity index is 506. The van der Waals surface area contributed by atoms with Gasteiger partial charge in [-0.2, -0.15) is 53.6 Å². The minimum Gasteiger partial charge on any atom is -0.460 e. The lowest BCUT2D eigenvalue weighted by Gasteiger charge is -2.33. The average Bonchev–Trinajstić information content (AvgIpc) is 2.35. The van der Waals surface area contributed by atoms with E-state index in [1.54, 1.807) is 0 Å². The van der Waals surface area contributed by atoms with Crippen LogP contribution in [0, 0.1) is 11.3 Å². The van der Waals surface area contributed by atoms with Crippen molar-refractivity contribution in [3.05, 3.63) is 0 Å². The minimum absolute atomic E-state index is 0.866. The second-order valence-electron chi connectivity index (χ2n) is 3.83. The number of ether oxygens (including phenoxy) is 2. The zero-order valence-corrected chi connectivity index (χ0v) is 10.7. The number of carbonyl (C=O) groups is 1. The molecule has 0 rings (SSSR count). The lowest BCUT2D eigenvalue weighted by atomic mass is 10.2. The molecule has 4 nitrogen and oxygen atoms in total. The quantitative estimate of drug-likeness (QED) is 0.401. The van der Waals surface area contributed by atoms with Gasteiger partial charge in [-0.25, -0.2) is 4.79 Å². The van der Waals surface area contributed by atoms with E-state index in [2.05, 4.69) is 4.74 Å². The number of rotatable bonds is 6. The van der Waals surface area contributed by atoms with Crippen LogP contribution in [0.3, 0.4) is 0 Å². The maximum Gasteiger partial charge on any atom is 0.462 e. The van der Waals surface area contributed by atoms with Crippen LogP contribution in [0.25, 0.3) is 0 Å². The second-order valence-corrected chi connectivity index (χ2v) is 3.83. The van der Waals surface area contributed by atoms with Gasteiger partial charge in [0.15, 0.2) is 0 Å². The molecule has 0 spiro atoms. The molecule has 0 aromatic heterocycles. The van der Waals surface area contributed by atoms with E-state index >= 15 is 0 Å². The van der Waals surface area contributed by atoms with Crippen LogP contribution in [0.5, 0.6) is 0 Å². The van der Waals surface area contributed by atoms with Crippen molar-refractivity contribution in [2.75, 3.05) is 6.61 Å². The Kier molecular flexibility index (Phi) is 6.06. The average molecular weight is 383 g/mol. The zero-order chi connectivity index (χ0) is 19.6. The molecule has 1 atom stereocenters. The van der Waals surface area contributed by atoms with Crippen LogP contribution in [0.15, 0.2) is 0 Å². The number of alkyl halides is 11. The number of carbonyl (C=O) groups excluding carboxylic acids is 1. The van der Waals surface area contributed by atoms with E-state index in [9.17, 15) is 53.1 Å². The molecule has 15 heteroatoms. The molecule has 0 unspecified atom stereocenters. The van der Waals surface area contributed by atoms with Gasteiger partial charge in [-0.15, -0.1) is 0 Å². The molecule has 24 heavy (non-hydrogen) atoms. The van der Waals surface area contributed by atoms with E-state index in [-0.39, 0.29) is 0 Å². The van der Waals surface area contributed by atoms with E-state index in [1.807, 2.05) is 4.74 Å². The van der Waals surface area contributed by atoms with Crippen molar-refractivity contribution < 1.29 is 62.6 Å². The van der Waals surface area contributed by atoms with Gasteiger partial charge in [0, 0.05) is 0 Å². The summed E-state index contributed by atoms with van der Waals surface area (Å²) in [5.74, 6) is -17.0. The van der Waals surface area contributed by atoms with Crippen LogP contribution in [-0.2, 0) is 14.3 Å². The molecule has 0 radical (unpaired) electrons. The number of nitrogens with zero attached hydrogens (tertiary/aromatic N) is 1. The Balaban J connectivity index is 5.74. The predicted octanol–water partition coefficient (Wildman–Crippen LogP) is 3.48. The first kappa shape index (κ1) is 22.1. The Morgan fingerprint density at radius 1 is 0.875 bits per heavy atom. The standard InChI is InChI=1S/C9H4F11NO3/c10-5(7(13,14)15,4(22)23-3-1-2-21)24-9(19,20)6(11,12)8(16,17)18/h1,3H2/t5-/m1/s1. The second kappa shape index (κ2) is 6.57. The lowest BCUT2D eigenvalue weighted by Crippen LogP contribution is -2.61. The van der Waals surface area contributed by atoms with E-state index in [4.69, 9.17) is 5.26 Å². The Morgan fingerprint density at radius 2 is 1.33 bits per heavy atom. The minimum atomic E-state index is -7.27. The van der Waals surface area contributed by atoms with Gasteiger partial charge in [-0.05, 0) is 0 Å². The molecule has 0 heterocycles. The summed E-state index contributed by atoms with van der Waals surface area (Å²) in [4.78, 5) is 10.8. The number of hydrogen-bond donors (Lipinski definition) is 0. The summed E-state index contributed by atoms with van der Waals surface area (Å²) in [7, 11) is 0. The number of esters is 1. The third-order valence-corrected chi connectivity index (χ3v) is 2.06. The first-order valence-electron chi connectivity index (χ1n) is 5.26. The fraction of sp³-hybridized carbons (Fsp3) is 0.778. The van der Waals surface area contributed by atoms with E-state index in [1.165, 1.54) is 6.07 Å². The van der Waals surface area contributed by atoms with Crippen LogP contribution < -0.4 is 0 Å². The van der Waals surface area contributed by atoms with Crippen molar-refractivity contribution in [3.8, 4) is 6.07 Å². The van der Waals surface area contributed by atoms with Gasteiger partial charge in [-0.3, -0.25) is 4.74 Å². The highest BCUT2D eigenvalue weighted by Crippen LogP contribution is 2.51. The van der Waals surface area contributed by atoms with Crippen molar-refractivity contribution >= 4 is 5.97 Å². The highest BCUT2D eigenvalue weighted by Gasteiger charge is 2.80. The number of nitriles is 1. The molecule has 0 saturated heterocycles. The first-order valence-corrected chi connectivity index (χ1v) is 5.26.